The van der Waals surface area contributed by atoms with E-state index < -0.39 is 0 Å². The predicted octanol–water partition coefficient (Wildman–Crippen LogP) is 1.80. The van der Waals surface area contributed by atoms with Gasteiger partial charge in [-0.25, -0.2) is 0 Å². The van der Waals surface area contributed by atoms with Crippen LogP contribution in [0, 0.1) is 0 Å². The lowest BCUT2D eigenvalue weighted by molar-refractivity contribution is 0.0683. The van der Waals surface area contributed by atoms with Crippen molar-refractivity contribution in [2.45, 2.75) is 30.9 Å². The van der Waals surface area contributed by atoms with E-state index in [1.54, 1.807) is 0 Å². The van der Waals surface area contributed by atoms with Crippen LogP contribution in [0.3, 0.4) is 0 Å². The van der Waals surface area contributed by atoms with Crippen LogP contribution < -0.4 is 0 Å². The fraction of sp³-hybridized carbons (Fsp3) is 0.667. The molecule has 6 nitrogen and oxygen atoms in total. The van der Waals surface area contributed by atoms with E-state index in [9.17, 15) is 4.79 Å². The van der Waals surface area contributed by atoms with Gasteiger partial charge in [0.05, 0.1) is 6.54 Å². The Morgan fingerprint density at radius 2 is 2.09 bits per heavy atom. The van der Waals surface area contributed by atoms with Crippen molar-refractivity contribution in [1.29, 1.82) is 0 Å². The molecule has 1 aliphatic carbocycles. The van der Waals surface area contributed by atoms with Crippen molar-refractivity contribution < 1.29 is 9.32 Å². The summed E-state index contributed by atoms with van der Waals surface area (Å²) in [7, 11) is 0. The van der Waals surface area contributed by atoms with Crippen LogP contribution in [0.25, 0.3) is 0 Å². The van der Waals surface area contributed by atoms with Crippen LogP contribution in [0.2, 0.25) is 0 Å². The maximum Gasteiger partial charge on any atom is 0.276 e. The second kappa shape index (κ2) is 5.61. The number of rotatable bonds is 2. The molecule has 0 N–H and O–H groups in total. The number of hydrogen-bond donors (Lipinski definition) is 0. The van der Waals surface area contributed by atoms with Gasteiger partial charge in [0.2, 0.25) is 0 Å². The van der Waals surface area contributed by atoms with Crippen LogP contribution >= 0.6 is 11.8 Å². The van der Waals surface area contributed by atoms with Crippen LogP contribution in [0.1, 0.15) is 41.9 Å². The Balaban J connectivity index is 1.35. The summed E-state index contributed by atoms with van der Waals surface area (Å²) in [4.78, 5) is 21.2. The Morgan fingerprint density at radius 3 is 2.73 bits per heavy atom. The van der Waals surface area contributed by atoms with Crippen LogP contribution in [-0.4, -0.2) is 64.0 Å². The number of hydrogen-bond acceptors (Lipinski definition) is 6. The minimum atomic E-state index is -0.00955. The summed E-state index contributed by atoms with van der Waals surface area (Å²) in [6, 6.07) is 1.82. The number of aliphatic imine (C=N–C) groups is 1. The summed E-state index contributed by atoms with van der Waals surface area (Å²) in [5.41, 5.74) is 0.455. The molecule has 1 aromatic heterocycles. The molecule has 3 heterocycles. The molecule has 1 saturated carbocycles. The monoisotopic (exact) mass is 320 g/mol. The first-order valence-electron chi connectivity index (χ1n) is 7.92. The molecule has 1 saturated heterocycles. The maximum absolute atomic E-state index is 12.5. The Morgan fingerprint density at radius 1 is 1.32 bits per heavy atom. The van der Waals surface area contributed by atoms with E-state index in [4.69, 9.17) is 4.52 Å². The highest BCUT2D eigenvalue weighted by atomic mass is 32.2. The molecular formula is C15H20N4O2S. The van der Waals surface area contributed by atoms with Gasteiger partial charge in [-0.05, 0) is 12.8 Å². The molecule has 0 bridgehead atoms. The van der Waals surface area contributed by atoms with Gasteiger partial charge < -0.3 is 14.3 Å². The molecule has 22 heavy (non-hydrogen) atoms. The molecule has 1 aromatic rings. The summed E-state index contributed by atoms with van der Waals surface area (Å²) >= 11 is 1.84. The van der Waals surface area contributed by atoms with Gasteiger partial charge in [0.15, 0.2) is 10.9 Å². The minimum Gasteiger partial charge on any atom is -0.360 e. The van der Waals surface area contributed by atoms with Crippen molar-refractivity contribution in [2.75, 3.05) is 32.7 Å². The van der Waals surface area contributed by atoms with E-state index in [2.05, 4.69) is 22.0 Å². The number of amides is 1. The molecule has 0 spiro atoms. The van der Waals surface area contributed by atoms with Gasteiger partial charge in [-0.2, -0.15) is 0 Å². The molecule has 1 amide bonds. The Kier molecular flexibility index (Phi) is 3.60. The van der Waals surface area contributed by atoms with E-state index >= 15 is 0 Å². The number of amidine groups is 1. The molecule has 1 atom stereocenters. The zero-order valence-electron chi connectivity index (χ0n) is 12.7. The Hall–Kier alpha value is -1.50. The number of carbonyl (C=O) groups is 1. The average molecular weight is 320 g/mol. The Bertz CT molecular complexity index is 602. The van der Waals surface area contributed by atoms with E-state index in [1.807, 2.05) is 22.7 Å². The predicted molar refractivity (Wildman–Crippen MR) is 85.3 cm³/mol. The van der Waals surface area contributed by atoms with Crippen molar-refractivity contribution >= 4 is 22.8 Å². The molecule has 0 aromatic carbocycles. The van der Waals surface area contributed by atoms with Gasteiger partial charge in [-0.1, -0.05) is 23.8 Å². The van der Waals surface area contributed by atoms with Crippen molar-refractivity contribution in [3.8, 4) is 0 Å². The van der Waals surface area contributed by atoms with E-state index in [0.717, 1.165) is 56.5 Å². The highest BCUT2D eigenvalue weighted by Crippen LogP contribution is 2.40. The molecule has 2 fully saturated rings. The van der Waals surface area contributed by atoms with Gasteiger partial charge in [-0.3, -0.25) is 9.79 Å². The molecule has 3 aliphatic rings. The van der Waals surface area contributed by atoms with Gasteiger partial charge >= 0.3 is 0 Å². The number of aromatic nitrogens is 1. The highest BCUT2D eigenvalue weighted by Gasteiger charge is 2.31. The standard InChI is InChI=1S/C15H20N4O2S/c1-10-9-16-15(22-10)19-6-4-18(5-7-19)14(20)12-8-13(21-17-12)11-2-3-11/h8,10-11H,2-7,9H2,1H3. The van der Waals surface area contributed by atoms with E-state index in [0.29, 0.717) is 16.9 Å². The quantitative estimate of drug-likeness (QED) is 0.831. The van der Waals surface area contributed by atoms with Crippen molar-refractivity contribution in [2.24, 2.45) is 4.99 Å². The van der Waals surface area contributed by atoms with Gasteiger partial charge in [0.1, 0.15) is 5.76 Å². The summed E-state index contributed by atoms with van der Waals surface area (Å²) in [6.07, 6.45) is 2.30. The lowest BCUT2D eigenvalue weighted by Crippen LogP contribution is -2.50. The lowest BCUT2D eigenvalue weighted by Gasteiger charge is -2.35. The third-order valence-electron chi connectivity index (χ3n) is 4.35. The maximum atomic E-state index is 12.5. The largest absolute Gasteiger partial charge is 0.360 e. The first-order valence-corrected chi connectivity index (χ1v) is 8.80. The third-order valence-corrected chi connectivity index (χ3v) is 5.50. The summed E-state index contributed by atoms with van der Waals surface area (Å²) in [6.45, 7) is 6.23. The number of piperazine rings is 1. The van der Waals surface area contributed by atoms with E-state index in [-0.39, 0.29) is 5.91 Å². The van der Waals surface area contributed by atoms with Gasteiger partial charge in [-0.15, -0.1) is 0 Å². The fourth-order valence-electron chi connectivity index (χ4n) is 2.85. The number of nitrogens with zero attached hydrogens (tertiary/aromatic N) is 4. The van der Waals surface area contributed by atoms with Crippen LogP contribution in [0.15, 0.2) is 15.6 Å². The number of thioether (sulfide) groups is 1. The average Bonchev–Trinajstić information content (AvgIpc) is 3.11. The first-order chi connectivity index (χ1) is 10.7. The van der Waals surface area contributed by atoms with Crippen molar-refractivity contribution in [3.63, 3.8) is 0 Å². The molecular weight excluding hydrogens is 300 g/mol. The zero-order valence-corrected chi connectivity index (χ0v) is 13.5. The normalized spacial score (nSPS) is 25.5. The first kappa shape index (κ1) is 14.1. The smallest absolute Gasteiger partial charge is 0.276 e. The van der Waals surface area contributed by atoms with Gasteiger partial charge in [0, 0.05) is 43.4 Å². The second-order valence-corrected chi connectivity index (χ2v) is 7.63. The lowest BCUT2D eigenvalue weighted by atomic mass is 10.2. The minimum absolute atomic E-state index is 0.00955. The summed E-state index contributed by atoms with van der Waals surface area (Å²) < 4.78 is 5.28. The van der Waals surface area contributed by atoms with Crippen LogP contribution in [-0.2, 0) is 0 Å². The second-order valence-electron chi connectivity index (χ2n) is 6.22. The topological polar surface area (TPSA) is 61.9 Å². The van der Waals surface area contributed by atoms with Crippen LogP contribution in [0.5, 0.6) is 0 Å². The van der Waals surface area contributed by atoms with Crippen molar-refractivity contribution in [3.05, 3.63) is 17.5 Å². The molecule has 0 radical (unpaired) electrons. The van der Waals surface area contributed by atoms with Crippen molar-refractivity contribution in [1.82, 2.24) is 15.0 Å². The van der Waals surface area contributed by atoms with Gasteiger partial charge in [0.25, 0.3) is 5.91 Å². The Labute approximate surface area is 133 Å². The molecule has 1 unspecified atom stereocenters. The highest BCUT2D eigenvalue weighted by molar-refractivity contribution is 8.14. The summed E-state index contributed by atoms with van der Waals surface area (Å²) in [5, 5.41) is 5.66. The molecule has 7 heteroatoms. The zero-order chi connectivity index (χ0) is 15.1. The number of carbonyl (C=O) groups excluding carboxylic acids is 1. The SMILES string of the molecule is CC1CN=C(N2CCN(C(=O)c3cc(C4CC4)on3)CC2)S1. The molecule has 4 rings (SSSR count). The molecule has 118 valence electrons. The third kappa shape index (κ3) is 2.74. The van der Waals surface area contributed by atoms with Crippen LogP contribution in [0.4, 0.5) is 0 Å². The molecule has 2 aliphatic heterocycles. The summed E-state index contributed by atoms with van der Waals surface area (Å²) in [5.74, 6) is 1.35. The van der Waals surface area contributed by atoms with E-state index in [1.165, 1.54) is 0 Å². The fourth-order valence-corrected chi connectivity index (χ4v) is 3.84.